The Bertz CT molecular complexity index is 484. The Kier molecular flexibility index (Phi) is 8.13. The average molecular weight is 352 g/mol. The van der Waals surface area contributed by atoms with Gasteiger partial charge in [-0.25, -0.2) is 0 Å². The average Bonchev–Trinajstić information content (AvgIpc) is 3.08. The Morgan fingerprint density at radius 2 is 2.16 bits per heavy atom. The zero-order valence-electron chi connectivity index (χ0n) is 15.1. The molecule has 142 valence electrons. The first-order valence-corrected chi connectivity index (χ1v) is 9.59. The minimum Gasteiger partial charge on any atom is -0.481 e. The number of aliphatic hydroxyl groups excluding tert-OH is 2. The van der Waals surface area contributed by atoms with E-state index < -0.39 is 18.2 Å². The van der Waals surface area contributed by atoms with Crippen molar-refractivity contribution in [3.63, 3.8) is 0 Å². The second-order valence-electron chi connectivity index (χ2n) is 7.27. The van der Waals surface area contributed by atoms with Crippen molar-refractivity contribution in [2.75, 3.05) is 6.61 Å². The first kappa shape index (κ1) is 20.1. The van der Waals surface area contributed by atoms with Gasteiger partial charge < -0.3 is 20.1 Å². The van der Waals surface area contributed by atoms with E-state index in [1.165, 1.54) is 5.57 Å². The van der Waals surface area contributed by atoms with Crippen molar-refractivity contribution in [3.05, 3.63) is 23.8 Å². The first-order valence-electron chi connectivity index (χ1n) is 9.59. The van der Waals surface area contributed by atoms with E-state index in [4.69, 9.17) is 9.84 Å². The molecule has 2 rings (SSSR count). The fraction of sp³-hybridized carbons (Fsp3) is 0.750. The van der Waals surface area contributed by atoms with Crippen molar-refractivity contribution < 1.29 is 24.9 Å². The Morgan fingerprint density at radius 1 is 1.36 bits per heavy atom. The van der Waals surface area contributed by atoms with Gasteiger partial charge >= 0.3 is 5.97 Å². The van der Waals surface area contributed by atoms with Crippen LogP contribution in [0.15, 0.2) is 23.8 Å². The summed E-state index contributed by atoms with van der Waals surface area (Å²) in [4.78, 5) is 10.6. The SMILES string of the molecule is CCCCC[C@H](O)C=C[C@@H]1[C@H]2/C(=C\CCCC(=O)O)CO[C@H]2C[C@H]1O. The molecule has 1 saturated heterocycles. The highest BCUT2D eigenvalue weighted by atomic mass is 16.5. The molecule has 0 aromatic heterocycles. The molecule has 0 amide bonds. The van der Waals surface area contributed by atoms with Crippen LogP contribution in [0.4, 0.5) is 0 Å². The monoisotopic (exact) mass is 352 g/mol. The van der Waals surface area contributed by atoms with Crippen LogP contribution in [0, 0.1) is 11.8 Å². The van der Waals surface area contributed by atoms with E-state index in [0.717, 1.165) is 32.1 Å². The van der Waals surface area contributed by atoms with E-state index >= 15 is 0 Å². The van der Waals surface area contributed by atoms with E-state index in [2.05, 4.69) is 13.0 Å². The van der Waals surface area contributed by atoms with Crippen LogP contribution < -0.4 is 0 Å². The summed E-state index contributed by atoms with van der Waals surface area (Å²) in [5.74, 6) is -0.647. The maximum absolute atomic E-state index is 10.6. The van der Waals surface area contributed by atoms with Crippen LogP contribution in [-0.4, -0.2) is 46.2 Å². The topological polar surface area (TPSA) is 87.0 Å². The van der Waals surface area contributed by atoms with Gasteiger partial charge in [-0.15, -0.1) is 0 Å². The molecule has 0 spiro atoms. The number of allylic oxidation sites excluding steroid dienone is 1. The lowest BCUT2D eigenvalue weighted by Gasteiger charge is -2.18. The normalized spacial score (nSPS) is 31.7. The number of carboxylic acid groups (broad SMARTS) is 1. The fourth-order valence-corrected chi connectivity index (χ4v) is 3.93. The van der Waals surface area contributed by atoms with E-state index in [1.807, 2.05) is 12.2 Å². The number of aliphatic carboxylic acids is 1. The molecule has 5 heteroatoms. The third kappa shape index (κ3) is 5.94. The van der Waals surface area contributed by atoms with E-state index in [0.29, 0.717) is 19.4 Å². The summed E-state index contributed by atoms with van der Waals surface area (Å²) in [7, 11) is 0. The summed E-state index contributed by atoms with van der Waals surface area (Å²) in [5, 5.41) is 29.2. The summed E-state index contributed by atoms with van der Waals surface area (Å²) in [6.45, 7) is 2.71. The van der Waals surface area contributed by atoms with Gasteiger partial charge in [-0.05, 0) is 24.8 Å². The van der Waals surface area contributed by atoms with Crippen LogP contribution in [0.2, 0.25) is 0 Å². The van der Waals surface area contributed by atoms with Gasteiger partial charge in [0.15, 0.2) is 0 Å². The highest BCUT2D eigenvalue weighted by Gasteiger charge is 2.47. The number of rotatable bonds is 10. The largest absolute Gasteiger partial charge is 0.481 e. The van der Waals surface area contributed by atoms with Gasteiger partial charge in [-0.3, -0.25) is 4.79 Å². The molecular weight excluding hydrogens is 320 g/mol. The van der Waals surface area contributed by atoms with Crippen LogP contribution in [0.3, 0.4) is 0 Å². The van der Waals surface area contributed by atoms with Gasteiger partial charge in [-0.2, -0.15) is 0 Å². The van der Waals surface area contributed by atoms with Crippen LogP contribution in [0.25, 0.3) is 0 Å². The lowest BCUT2D eigenvalue weighted by molar-refractivity contribution is -0.137. The van der Waals surface area contributed by atoms with Gasteiger partial charge in [0.25, 0.3) is 0 Å². The molecule has 0 unspecified atom stereocenters. The van der Waals surface area contributed by atoms with Gasteiger partial charge in [0, 0.05) is 24.7 Å². The molecule has 0 aromatic rings. The molecule has 1 saturated carbocycles. The third-order valence-electron chi connectivity index (χ3n) is 5.29. The summed E-state index contributed by atoms with van der Waals surface area (Å²) in [6, 6.07) is 0. The molecule has 0 bridgehead atoms. The van der Waals surface area contributed by atoms with Crippen molar-refractivity contribution in [3.8, 4) is 0 Å². The molecule has 2 aliphatic rings. The van der Waals surface area contributed by atoms with Gasteiger partial charge in [0.1, 0.15) is 0 Å². The Balaban J connectivity index is 1.92. The zero-order valence-corrected chi connectivity index (χ0v) is 15.1. The molecule has 0 radical (unpaired) electrons. The Morgan fingerprint density at radius 3 is 2.88 bits per heavy atom. The molecule has 5 atom stereocenters. The van der Waals surface area contributed by atoms with Crippen LogP contribution in [-0.2, 0) is 9.53 Å². The van der Waals surface area contributed by atoms with Crippen LogP contribution >= 0.6 is 0 Å². The Hall–Kier alpha value is -1.17. The minimum absolute atomic E-state index is 0.0287. The minimum atomic E-state index is -0.770. The number of fused-ring (bicyclic) bond motifs is 1. The number of aliphatic hydroxyl groups is 2. The van der Waals surface area contributed by atoms with Crippen molar-refractivity contribution in [1.82, 2.24) is 0 Å². The van der Waals surface area contributed by atoms with Crippen molar-refractivity contribution in [2.24, 2.45) is 11.8 Å². The number of carboxylic acids is 1. The molecule has 0 aromatic carbocycles. The quantitative estimate of drug-likeness (QED) is 0.415. The fourth-order valence-electron chi connectivity index (χ4n) is 3.93. The predicted octanol–water partition coefficient (Wildman–Crippen LogP) is 3.06. The Labute approximate surface area is 150 Å². The van der Waals surface area contributed by atoms with Gasteiger partial charge in [-0.1, -0.05) is 44.4 Å². The highest BCUT2D eigenvalue weighted by molar-refractivity contribution is 5.66. The summed E-state index contributed by atoms with van der Waals surface area (Å²) >= 11 is 0. The molecule has 5 nitrogen and oxygen atoms in total. The predicted molar refractivity (Wildman–Crippen MR) is 96.2 cm³/mol. The number of carbonyl (C=O) groups is 1. The lowest BCUT2D eigenvalue weighted by Crippen LogP contribution is -2.19. The molecule has 25 heavy (non-hydrogen) atoms. The van der Waals surface area contributed by atoms with Crippen LogP contribution in [0.5, 0.6) is 0 Å². The summed E-state index contributed by atoms with van der Waals surface area (Å²) in [5.41, 5.74) is 1.17. The third-order valence-corrected chi connectivity index (χ3v) is 5.29. The highest BCUT2D eigenvalue weighted by Crippen LogP contribution is 2.44. The molecule has 1 heterocycles. The first-order chi connectivity index (χ1) is 12.0. The maximum Gasteiger partial charge on any atom is 0.303 e. The lowest BCUT2D eigenvalue weighted by atomic mass is 9.87. The molecular formula is C20H32O5. The van der Waals surface area contributed by atoms with Crippen molar-refractivity contribution >= 4 is 5.97 Å². The molecule has 3 N–H and O–H groups in total. The summed E-state index contributed by atoms with van der Waals surface area (Å²) in [6.07, 6.45) is 11.2. The van der Waals surface area contributed by atoms with Crippen LogP contribution in [0.1, 0.15) is 58.3 Å². The van der Waals surface area contributed by atoms with E-state index in [9.17, 15) is 15.0 Å². The number of ether oxygens (including phenoxy) is 1. The number of hydrogen-bond acceptors (Lipinski definition) is 4. The van der Waals surface area contributed by atoms with Gasteiger partial charge in [0.2, 0.25) is 0 Å². The molecule has 1 aliphatic carbocycles. The number of unbranched alkanes of at least 4 members (excludes halogenated alkanes) is 3. The number of hydrogen-bond donors (Lipinski definition) is 3. The van der Waals surface area contributed by atoms with E-state index in [-0.39, 0.29) is 24.4 Å². The molecule has 1 aliphatic heterocycles. The summed E-state index contributed by atoms with van der Waals surface area (Å²) < 4.78 is 5.81. The van der Waals surface area contributed by atoms with Gasteiger partial charge in [0.05, 0.1) is 24.9 Å². The molecule has 2 fully saturated rings. The van der Waals surface area contributed by atoms with E-state index in [1.54, 1.807) is 0 Å². The second-order valence-corrected chi connectivity index (χ2v) is 7.27. The smallest absolute Gasteiger partial charge is 0.303 e. The maximum atomic E-state index is 10.6. The van der Waals surface area contributed by atoms with Crippen molar-refractivity contribution in [2.45, 2.75) is 76.6 Å². The van der Waals surface area contributed by atoms with Crippen molar-refractivity contribution in [1.29, 1.82) is 0 Å². The second kappa shape index (κ2) is 10.1. The zero-order chi connectivity index (χ0) is 18.2. The standard InChI is InChI=1S/C20H32O5/c1-2-3-4-8-15(21)10-11-16-17(22)12-18-20(16)14(13-25-18)7-5-6-9-19(23)24/h7,10-11,15-18,20-22H,2-6,8-9,12-13H2,1H3,(H,23,24)/b11-10?,14-7-/t15-,16-,17+,18-,20+/m0/s1.